The van der Waals surface area contributed by atoms with E-state index in [1.165, 1.54) is 42.2 Å². The standard InChI is InChI=1S/C23H35N5S.HI/c1-5-24-23(25-12-11-20-16-29-22(27-20)17(2)3)26-18(4)19-9-8-10-21(15-19)28-13-6-7-14-28;/h8-10,15-18H,5-7,11-14H2,1-4H3,(H2,24,25,26);1H. The second kappa shape index (κ2) is 12.5. The zero-order chi connectivity index (χ0) is 20.6. The van der Waals surface area contributed by atoms with Crippen molar-refractivity contribution in [2.75, 3.05) is 31.1 Å². The Morgan fingerprint density at radius 2 is 2.00 bits per heavy atom. The molecule has 2 heterocycles. The summed E-state index contributed by atoms with van der Waals surface area (Å²) in [4.78, 5) is 12.0. The third-order valence-corrected chi connectivity index (χ3v) is 6.43. The molecule has 1 aliphatic rings. The average molecular weight is 542 g/mol. The van der Waals surface area contributed by atoms with Crippen LogP contribution < -0.4 is 15.5 Å². The molecule has 0 bridgehead atoms. The number of aliphatic imine (C=N–C) groups is 1. The molecule has 0 saturated carbocycles. The maximum absolute atomic E-state index is 4.78. The first kappa shape index (κ1) is 24.9. The molecule has 1 atom stereocenters. The van der Waals surface area contributed by atoms with Gasteiger partial charge >= 0.3 is 0 Å². The largest absolute Gasteiger partial charge is 0.372 e. The summed E-state index contributed by atoms with van der Waals surface area (Å²) in [6, 6.07) is 9.10. The summed E-state index contributed by atoms with van der Waals surface area (Å²) in [5.41, 5.74) is 3.77. The first-order valence-corrected chi connectivity index (χ1v) is 11.8. The normalized spacial score (nSPS) is 15.2. The molecule has 166 valence electrons. The number of hydrogen-bond donors (Lipinski definition) is 2. The van der Waals surface area contributed by atoms with Crippen molar-refractivity contribution in [1.82, 2.24) is 15.6 Å². The summed E-state index contributed by atoms with van der Waals surface area (Å²) in [7, 11) is 0. The van der Waals surface area contributed by atoms with Crippen LogP contribution in [0.5, 0.6) is 0 Å². The van der Waals surface area contributed by atoms with Crippen LogP contribution in [0.2, 0.25) is 0 Å². The predicted molar refractivity (Wildman–Crippen MR) is 141 cm³/mol. The molecule has 5 nitrogen and oxygen atoms in total. The van der Waals surface area contributed by atoms with Crippen LogP contribution in [0.1, 0.15) is 68.8 Å². The number of aromatic nitrogens is 1. The highest BCUT2D eigenvalue weighted by atomic mass is 127. The zero-order valence-electron chi connectivity index (χ0n) is 18.6. The third kappa shape index (κ3) is 7.11. The topological polar surface area (TPSA) is 52.6 Å². The fourth-order valence-electron chi connectivity index (χ4n) is 3.56. The Morgan fingerprint density at radius 1 is 1.23 bits per heavy atom. The van der Waals surface area contributed by atoms with Crippen LogP contribution in [0.15, 0.2) is 34.6 Å². The third-order valence-electron chi connectivity index (χ3n) is 5.24. The summed E-state index contributed by atoms with van der Waals surface area (Å²) < 4.78 is 0. The van der Waals surface area contributed by atoms with Gasteiger partial charge in [-0.2, -0.15) is 0 Å². The highest BCUT2D eigenvalue weighted by molar-refractivity contribution is 14.0. The number of nitrogens with one attached hydrogen (secondary N) is 2. The maximum Gasteiger partial charge on any atom is 0.191 e. The molecular formula is C23H36IN5S. The molecule has 30 heavy (non-hydrogen) atoms. The van der Waals surface area contributed by atoms with E-state index < -0.39 is 0 Å². The van der Waals surface area contributed by atoms with Gasteiger partial charge in [0.25, 0.3) is 0 Å². The van der Waals surface area contributed by atoms with Crippen LogP contribution in [0, 0.1) is 0 Å². The van der Waals surface area contributed by atoms with Gasteiger partial charge < -0.3 is 15.5 Å². The molecule has 0 radical (unpaired) electrons. The Balaban J connectivity index is 0.00000320. The average Bonchev–Trinajstić information content (AvgIpc) is 3.40. The Hall–Kier alpha value is -1.35. The van der Waals surface area contributed by atoms with Gasteiger partial charge in [0, 0.05) is 49.6 Å². The van der Waals surface area contributed by atoms with E-state index in [0.29, 0.717) is 5.92 Å². The number of hydrogen-bond acceptors (Lipinski definition) is 4. The van der Waals surface area contributed by atoms with Crippen LogP contribution in [0.4, 0.5) is 5.69 Å². The molecule has 3 rings (SSSR count). The van der Waals surface area contributed by atoms with Crippen LogP contribution in [-0.2, 0) is 6.42 Å². The van der Waals surface area contributed by atoms with Crippen molar-refractivity contribution in [3.63, 3.8) is 0 Å². The Bertz CT molecular complexity index is 798. The Morgan fingerprint density at radius 3 is 2.67 bits per heavy atom. The number of nitrogens with zero attached hydrogens (tertiary/aromatic N) is 3. The van der Waals surface area contributed by atoms with E-state index in [9.17, 15) is 0 Å². The van der Waals surface area contributed by atoms with E-state index in [-0.39, 0.29) is 30.0 Å². The van der Waals surface area contributed by atoms with Gasteiger partial charge in [0.1, 0.15) is 0 Å². The Labute approximate surface area is 202 Å². The van der Waals surface area contributed by atoms with E-state index in [1.54, 1.807) is 11.3 Å². The minimum absolute atomic E-state index is 0. The second-order valence-corrected chi connectivity index (χ2v) is 8.89. The molecule has 0 aliphatic carbocycles. The molecule has 1 saturated heterocycles. The van der Waals surface area contributed by atoms with Crippen molar-refractivity contribution < 1.29 is 0 Å². The van der Waals surface area contributed by atoms with Crippen LogP contribution in [0.3, 0.4) is 0 Å². The molecule has 7 heteroatoms. The highest BCUT2D eigenvalue weighted by Gasteiger charge is 2.14. The van der Waals surface area contributed by atoms with E-state index in [1.807, 2.05) is 0 Å². The molecule has 1 aromatic heterocycles. The summed E-state index contributed by atoms with van der Waals surface area (Å²) in [6.07, 6.45) is 3.47. The van der Waals surface area contributed by atoms with E-state index >= 15 is 0 Å². The molecule has 2 aromatic rings. The fourth-order valence-corrected chi connectivity index (χ4v) is 4.43. The maximum atomic E-state index is 4.78. The lowest BCUT2D eigenvalue weighted by atomic mass is 10.1. The van der Waals surface area contributed by atoms with Gasteiger partial charge in [-0.05, 0) is 44.4 Å². The fraction of sp³-hybridized carbons (Fsp3) is 0.565. The Kier molecular flexibility index (Phi) is 10.4. The number of anilines is 1. The number of guanidine groups is 1. The molecule has 1 unspecified atom stereocenters. The predicted octanol–water partition coefficient (Wildman–Crippen LogP) is 5.34. The molecule has 0 spiro atoms. The van der Waals surface area contributed by atoms with Crippen molar-refractivity contribution in [3.05, 3.63) is 45.9 Å². The molecule has 2 N–H and O–H groups in total. The van der Waals surface area contributed by atoms with Crippen molar-refractivity contribution in [2.24, 2.45) is 4.99 Å². The molecule has 1 aromatic carbocycles. The quantitative estimate of drug-likeness (QED) is 0.269. The minimum atomic E-state index is 0. The molecule has 1 aliphatic heterocycles. The van der Waals surface area contributed by atoms with Gasteiger partial charge in [0.05, 0.1) is 16.7 Å². The molecule has 0 amide bonds. The summed E-state index contributed by atoms with van der Waals surface area (Å²) >= 11 is 1.75. The molecular weight excluding hydrogens is 505 g/mol. The van der Waals surface area contributed by atoms with E-state index in [2.05, 4.69) is 72.9 Å². The summed E-state index contributed by atoms with van der Waals surface area (Å²) in [6.45, 7) is 12.6. The highest BCUT2D eigenvalue weighted by Crippen LogP contribution is 2.24. The number of halogens is 1. The lowest BCUT2D eigenvalue weighted by Gasteiger charge is -2.22. The van der Waals surface area contributed by atoms with Crippen molar-refractivity contribution in [2.45, 2.75) is 58.9 Å². The van der Waals surface area contributed by atoms with Crippen molar-refractivity contribution >= 4 is 47.0 Å². The smallest absolute Gasteiger partial charge is 0.191 e. The van der Waals surface area contributed by atoms with Gasteiger partial charge in [-0.15, -0.1) is 35.3 Å². The lowest BCUT2D eigenvalue weighted by molar-refractivity contribution is 0.685. The SMILES string of the molecule is CCNC(=NCCc1csc(C(C)C)n1)NC(C)c1cccc(N2CCCC2)c1.I. The number of benzene rings is 1. The van der Waals surface area contributed by atoms with Crippen molar-refractivity contribution in [1.29, 1.82) is 0 Å². The summed E-state index contributed by atoms with van der Waals surface area (Å²) in [5, 5.41) is 10.3. The first-order chi connectivity index (χ1) is 14.1. The first-order valence-electron chi connectivity index (χ1n) is 10.9. The monoisotopic (exact) mass is 541 g/mol. The van der Waals surface area contributed by atoms with Gasteiger partial charge in [-0.1, -0.05) is 26.0 Å². The van der Waals surface area contributed by atoms with Gasteiger partial charge in [0.2, 0.25) is 0 Å². The summed E-state index contributed by atoms with van der Waals surface area (Å²) in [5.74, 6) is 1.36. The lowest BCUT2D eigenvalue weighted by Crippen LogP contribution is -2.39. The van der Waals surface area contributed by atoms with Gasteiger partial charge in [0.15, 0.2) is 5.96 Å². The zero-order valence-corrected chi connectivity index (χ0v) is 21.8. The number of rotatable bonds is 8. The van der Waals surface area contributed by atoms with Crippen LogP contribution in [-0.4, -0.2) is 37.1 Å². The van der Waals surface area contributed by atoms with Crippen LogP contribution >= 0.6 is 35.3 Å². The van der Waals surface area contributed by atoms with Gasteiger partial charge in [-0.25, -0.2) is 4.98 Å². The van der Waals surface area contributed by atoms with E-state index in [4.69, 9.17) is 9.98 Å². The second-order valence-electron chi connectivity index (χ2n) is 8.00. The van der Waals surface area contributed by atoms with Crippen molar-refractivity contribution in [3.8, 4) is 0 Å². The van der Waals surface area contributed by atoms with Gasteiger partial charge in [-0.3, -0.25) is 4.99 Å². The number of thiazole rings is 1. The van der Waals surface area contributed by atoms with E-state index in [0.717, 1.165) is 31.2 Å². The minimum Gasteiger partial charge on any atom is -0.372 e. The molecule has 1 fully saturated rings. The van der Waals surface area contributed by atoms with Crippen LogP contribution in [0.25, 0.3) is 0 Å².